The third kappa shape index (κ3) is 17.4. The minimum Gasteiger partial charge on any atom is -0.495 e. The van der Waals surface area contributed by atoms with Gasteiger partial charge in [0.05, 0.1) is 119 Å². The van der Waals surface area contributed by atoms with Crippen LogP contribution in [-0.4, -0.2) is 191 Å². The molecule has 0 unspecified atom stereocenters. The maximum atomic E-state index is 12.3. The summed E-state index contributed by atoms with van der Waals surface area (Å²) in [5.41, 5.74) is 10.9. The molecule has 0 aliphatic rings. The molecular weight excluding hydrogens is 1270 g/mol. The standard InChI is InChI=1S/C25H31N9O2.C15H24N4O2.C11H8F3N5O3S.C10H9N5O/c1-7-24(35)28-19-12-20(23(36-6)13-22(19)32(4)11-10-31(2)3)29-25-26-15-18-8-9-21(34(18)30-25)17-14-27-33(5)16-17;1-6-15(20)17-12-9-11(16)14(21-5)10-13(12)19(4)8-7-18(2)3;1-18-6-7(4-16-18)9-3-2-8-5-15-10(17-19(8)9)22-23(20,21)11(12,13)14;1-14-6-7(4-12-14)9-3-2-8-5-11-10(16)13-15(8)9/h7-9,12-16H,1,10-11H2,2-6H3,(H,28,35)(H,29,30);6,9-10H,1,7-8,16H2,2-5H3,(H,17,20);2-6H,1H3;2-6H,1H3,(H,13,16). The Balaban J connectivity index is 0.000000171. The highest BCUT2D eigenvalue weighted by Crippen LogP contribution is 2.39. The van der Waals surface area contributed by atoms with Crippen LogP contribution in [0.3, 0.4) is 0 Å². The van der Waals surface area contributed by atoms with Crippen molar-refractivity contribution in [1.82, 2.24) is 82.9 Å². The predicted octanol–water partition coefficient (Wildman–Crippen LogP) is 6.19. The van der Waals surface area contributed by atoms with Crippen molar-refractivity contribution < 1.29 is 44.8 Å². The molecule has 0 saturated carbocycles. The summed E-state index contributed by atoms with van der Waals surface area (Å²) in [5.74, 6) is 0.957. The summed E-state index contributed by atoms with van der Waals surface area (Å²) in [5, 5.41) is 32.3. The van der Waals surface area contributed by atoms with E-state index in [1.54, 1.807) is 84.3 Å². The number of nitrogen functional groups attached to an aromatic ring is 1. The van der Waals surface area contributed by atoms with Gasteiger partial charge in [-0.3, -0.25) is 28.1 Å². The number of aromatic amines is 1. The molecule has 0 bridgehead atoms. The highest BCUT2D eigenvalue weighted by Gasteiger charge is 2.49. The number of nitrogens with one attached hydrogen (secondary N) is 4. The molecule has 0 fully saturated rings. The van der Waals surface area contributed by atoms with E-state index in [0.717, 1.165) is 77.3 Å². The van der Waals surface area contributed by atoms with E-state index in [0.29, 0.717) is 57.0 Å². The average Bonchev–Trinajstić information content (AvgIpc) is 1.49. The van der Waals surface area contributed by atoms with Crippen LogP contribution >= 0.6 is 0 Å². The molecule has 0 atom stereocenters. The van der Waals surface area contributed by atoms with E-state index in [9.17, 15) is 36.0 Å². The van der Waals surface area contributed by atoms with Crippen LogP contribution in [0.15, 0.2) is 147 Å². The molecule has 35 heteroatoms. The van der Waals surface area contributed by atoms with Crippen LogP contribution in [0.25, 0.3) is 50.3 Å². The molecule has 2 amide bonds. The Hall–Kier alpha value is -11.6. The van der Waals surface area contributed by atoms with Gasteiger partial charge in [-0.2, -0.15) is 46.9 Å². The summed E-state index contributed by atoms with van der Waals surface area (Å²) < 4.78 is 83.6. The van der Waals surface area contributed by atoms with Gasteiger partial charge in [-0.25, -0.2) is 23.9 Å². The molecule has 0 saturated heterocycles. The minimum atomic E-state index is -5.83. The Morgan fingerprint density at radius 3 is 1.55 bits per heavy atom. The number of carbonyl (C=O) groups excluding carboxylic acids is 2. The van der Waals surface area contributed by atoms with Crippen molar-refractivity contribution >= 4 is 78.6 Å². The fourth-order valence-corrected chi connectivity index (χ4v) is 9.51. The number of aromatic nitrogens is 15. The topological polar surface area (TPSA) is 335 Å². The van der Waals surface area contributed by atoms with Gasteiger partial charge in [-0.15, -0.1) is 10.2 Å². The molecule has 0 aliphatic heterocycles. The van der Waals surface area contributed by atoms with Crippen LogP contribution in [0.2, 0.25) is 0 Å². The highest BCUT2D eigenvalue weighted by atomic mass is 32.2. The van der Waals surface area contributed by atoms with E-state index < -0.39 is 21.6 Å². The zero-order valence-electron chi connectivity index (χ0n) is 54.3. The number of methoxy groups -OCH3 is 2. The number of hydrogen-bond donors (Lipinski definition) is 5. The lowest BCUT2D eigenvalue weighted by Gasteiger charge is -2.25. The van der Waals surface area contributed by atoms with Crippen LogP contribution in [-0.2, 0) is 40.9 Å². The van der Waals surface area contributed by atoms with Gasteiger partial charge in [0, 0.05) is 109 Å². The molecule has 0 radical (unpaired) electrons. The van der Waals surface area contributed by atoms with Crippen molar-refractivity contribution in [2.75, 3.05) is 114 Å². The Morgan fingerprint density at radius 2 is 1.07 bits per heavy atom. The number of amides is 2. The first-order valence-corrected chi connectivity index (χ1v) is 30.3. The molecule has 2 aromatic carbocycles. The monoisotopic (exact) mass is 1340 g/mol. The quantitative estimate of drug-likeness (QED) is 0.0232. The summed E-state index contributed by atoms with van der Waals surface area (Å²) in [6.45, 7) is 10.3. The van der Waals surface area contributed by atoms with E-state index in [1.807, 2.05) is 121 Å². The number of benzene rings is 2. The van der Waals surface area contributed by atoms with Gasteiger partial charge in [-0.05, 0) is 88.9 Å². The highest BCUT2D eigenvalue weighted by molar-refractivity contribution is 7.87. The third-order valence-corrected chi connectivity index (χ3v) is 15.0. The zero-order valence-corrected chi connectivity index (χ0v) is 55.1. The van der Waals surface area contributed by atoms with Crippen LogP contribution in [0.5, 0.6) is 17.5 Å². The molecule has 9 heterocycles. The number of fused-ring (bicyclic) bond motifs is 3. The number of likely N-dealkylation sites (N-methyl/N-ethyl adjacent to an activating group) is 4. The van der Waals surface area contributed by atoms with Crippen molar-refractivity contribution in [3.05, 3.63) is 152 Å². The molecule has 11 rings (SSSR count). The normalized spacial score (nSPS) is 11.3. The zero-order chi connectivity index (χ0) is 69.8. The van der Waals surface area contributed by atoms with Gasteiger partial charge in [0.1, 0.15) is 11.5 Å². The van der Waals surface area contributed by atoms with Gasteiger partial charge in [0.15, 0.2) is 0 Å². The summed E-state index contributed by atoms with van der Waals surface area (Å²) in [6.07, 6.45) is 17.4. The fraction of sp³-hybridized carbons (Fsp3) is 0.262. The number of hydrogen-bond acceptors (Lipinski definition) is 22. The number of nitrogens with zero attached hydrogens (tertiary/aromatic N) is 18. The van der Waals surface area contributed by atoms with Crippen molar-refractivity contribution in [1.29, 1.82) is 0 Å². The average molecular weight is 1340 g/mol. The molecule has 11 aromatic rings. The molecule has 31 nitrogen and oxygen atoms in total. The second-order valence-electron chi connectivity index (χ2n) is 21.7. The van der Waals surface area contributed by atoms with E-state index in [1.165, 1.54) is 27.5 Å². The fourth-order valence-electron chi connectivity index (χ4n) is 9.14. The number of carbonyl (C=O) groups is 2. The number of rotatable bonds is 21. The van der Waals surface area contributed by atoms with Crippen LogP contribution in [0.4, 0.5) is 53.2 Å². The van der Waals surface area contributed by atoms with E-state index in [4.69, 9.17) is 15.2 Å². The second-order valence-corrected chi connectivity index (χ2v) is 23.3. The number of halogens is 3. The predicted molar refractivity (Wildman–Crippen MR) is 359 cm³/mol. The molecule has 6 N–H and O–H groups in total. The molecule has 0 spiro atoms. The Labute approximate surface area is 548 Å². The SMILES string of the molecule is C=CC(=O)Nc1cc(N)c(OC)cc1N(C)CCN(C)C.C=CC(=O)Nc1cc(Nc2ncc3ccc(-c4cnn(C)c4)n3n2)c(OC)cc1N(C)CCN(C)C.Cn1cc(-c2ccc3cnc(=O)[nH]n23)cn1.Cn1cc(-c2ccc3cnc(OS(=O)(=O)C(F)(F)F)nn23)cn1. The number of anilines is 7. The van der Waals surface area contributed by atoms with Gasteiger partial charge in [0.25, 0.3) is 0 Å². The molecular formula is C61H72F3N23O8S. The lowest BCUT2D eigenvalue weighted by atomic mass is 10.2. The summed E-state index contributed by atoms with van der Waals surface area (Å²) in [7, 11) is 14.7. The van der Waals surface area contributed by atoms with Crippen molar-refractivity contribution in [2.45, 2.75) is 5.51 Å². The van der Waals surface area contributed by atoms with E-state index in [-0.39, 0.29) is 17.5 Å². The summed E-state index contributed by atoms with van der Waals surface area (Å²) >= 11 is 0. The maximum Gasteiger partial charge on any atom is 0.534 e. The first-order valence-electron chi connectivity index (χ1n) is 28.9. The first-order chi connectivity index (χ1) is 45.6. The Bertz CT molecular complexity index is 4740. The Morgan fingerprint density at radius 1 is 0.615 bits per heavy atom. The summed E-state index contributed by atoms with van der Waals surface area (Å²) in [4.78, 5) is 54.8. The molecule has 0 aliphatic carbocycles. The minimum absolute atomic E-state index is 0.276. The van der Waals surface area contributed by atoms with E-state index in [2.05, 4.69) is 93.5 Å². The van der Waals surface area contributed by atoms with Gasteiger partial charge in [0.2, 0.25) is 17.8 Å². The molecule has 96 heavy (non-hydrogen) atoms. The van der Waals surface area contributed by atoms with Crippen LogP contribution in [0.1, 0.15) is 0 Å². The number of nitrogens with two attached hydrogens (primary N) is 1. The second kappa shape index (κ2) is 30.4. The number of alkyl halides is 3. The van der Waals surface area contributed by atoms with Crippen molar-refractivity contribution in [3.63, 3.8) is 0 Å². The summed E-state index contributed by atoms with van der Waals surface area (Å²) in [6, 6.07) is 17.3. The van der Waals surface area contributed by atoms with Gasteiger partial charge >= 0.3 is 27.3 Å². The Kier molecular flexibility index (Phi) is 22.3. The van der Waals surface area contributed by atoms with Gasteiger partial charge < -0.3 is 54.9 Å². The molecule has 506 valence electrons. The van der Waals surface area contributed by atoms with Crippen LogP contribution in [0, 0.1) is 0 Å². The lowest BCUT2D eigenvalue weighted by molar-refractivity contribution is -0.112. The van der Waals surface area contributed by atoms with Gasteiger partial charge in [-0.1, -0.05) is 13.2 Å². The largest absolute Gasteiger partial charge is 0.534 e. The van der Waals surface area contributed by atoms with Crippen molar-refractivity contribution in [3.8, 4) is 51.3 Å². The number of aryl methyl sites for hydroxylation is 3. The lowest BCUT2D eigenvalue weighted by Crippen LogP contribution is -2.29. The maximum absolute atomic E-state index is 12.3. The third-order valence-electron chi connectivity index (χ3n) is 14.1. The molecule has 9 aromatic heterocycles. The van der Waals surface area contributed by atoms with E-state index >= 15 is 0 Å². The first kappa shape index (κ1) is 70.3. The van der Waals surface area contributed by atoms with Crippen LogP contribution < -0.4 is 50.8 Å². The number of H-pyrrole nitrogens is 1. The van der Waals surface area contributed by atoms with Crippen molar-refractivity contribution in [2.24, 2.45) is 21.1 Å². The number of ether oxygens (including phenoxy) is 2. The smallest absolute Gasteiger partial charge is 0.495 e.